The van der Waals surface area contributed by atoms with Gasteiger partial charge in [-0.1, -0.05) is 11.6 Å². The quantitative estimate of drug-likeness (QED) is 0.650. The van der Waals surface area contributed by atoms with E-state index in [1.807, 2.05) is 0 Å². The van der Waals surface area contributed by atoms with Crippen molar-refractivity contribution in [2.45, 2.75) is 25.3 Å². The Balaban J connectivity index is 1.76. The minimum absolute atomic E-state index is 0.0113. The van der Waals surface area contributed by atoms with Gasteiger partial charge >= 0.3 is 6.03 Å². The van der Waals surface area contributed by atoms with Gasteiger partial charge < -0.3 is 10.2 Å². The van der Waals surface area contributed by atoms with E-state index in [9.17, 15) is 14.9 Å². The molecule has 0 unspecified atom stereocenters. The van der Waals surface area contributed by atoms with E-state index < -0.39 is 4.92 Å². The van der Waals surface area contributed by atoms with Gasteiger partial charge in [0.25, 0.3) is 5.69 Å². The molecule has 1 saturated heterocycles. The normalized spacial score (nSPS) is 17.5. The molecule has 9 heteroatoms. The zero-order valence-electron chi connectivity index (χ0n) is 12.7. The summed E-state index contributed by atoms with van der Waals surface area (Å²) in [5, 5.41) is 20.3. The van der Waals surface area contributed by atoms with Crippen LogP contribution < -0.4 is 5.32 Å². The van der Waals surface area contributed by atoms with E-state index in [1.54, 1.807) is 17.3 Å². The average Bonchev–Trinajstić information content (AvgIpc) is 3.09. The number of nitro benzene ring substituents is 1. The molecule has 1 aromatic carbocycles. The van der Waals surface area contributed by atoms with Crippen molar-refractivity contribution in [2.24, 2.45) is 0 Å². The fraction of sp³-hybridized carbons (Fsp3) is 0.333. The van der Waals surface area contributed by atoms with Crippen molar-refractivity contribution in [3.05, 3.63) is 51.3 Å². The summed E-state index contributed by atoms with van der Waals surface area (Å²) >= 11 is 5.88. The number of nitro groups is 1. The van der Waals surface area contributed by atoms with Crippen LogP contribution in [0.3, 0.4) is 0 Å². The van der Waals surface area contributed by atoms with Gasteiger partial charge in [-0.05, 0) is 31.4 Å². The van der Waals surface area contributed by atoms with E-state index in [0.29, 0.717) is 12.2 Å². The van der Waals surface area contributed by atoms with Crippen LogP contribution in [-0.4, -0.2) is 32.6 Å². The van der Waals surface area contributed by atoms with Crippen molar-refractivity contribution in [1.29, 1.82) is 0 Å². The summed E-state index contributed by atoms with van der Waals surface area (Å²) in [7, 11) is 0. The van der Waals surface area contributed by atoms with Gasteiger partial charge in [0, 0.05) is 30.1 Å². The van der Waals surface area contributed by atoms with Crippen LogP contribution in [0, 0.1) is 10.1 Å². The largest absolute Gasteiger partial charge is 0.322 e. The number of rotatable bonds is 3. The Morgan fingerprint density at radius 2 is 2.29 bits per heavy atom. The molecule has 24 heavy (non-hydrogen) atoms. The lowest BCUT2D eigenvalue weighted by Crippen LogP contribution is -2.41. The van der Waals surface area contributed by atoms with E-state index >= 15 is 0 Å². The highest BCUT2D eigenvalue weighted by Gasteiger charge is 2.28. The summed E-state index contributed by atoms with van der Waals surface area (Å²) in [5.41, 5.74) is 1.20. The highest BCUT2D eigenvalue weighted by atomic mass is 35.5. The Morgan fingerprint density at radius 3 is 2.96 bits per heavy atom. The highest BCUT2D eigenvalue weighted by molar-refractivity contribution is 6.33. The van der Waals surface area contributed by atoms with Crippen molar-refractivity contribution in [2.75, 3.05) is 11.9 Å². The zero-order valence-corrected chi connectivity index (χ0v) is 13.5. The van der Waals surface area contributed by atoms with E-state index in [0.717, 1.165) is 24.8 Å². The van der Waals surface area contributed by atoms with Crippen molar-refractivity contribution < 1.29 is 9.72 Å². The second kappa shape index (κ2) is 6.88. The lowest BCUT2D eigenvalue weighted by atomic mass is 9.98. The van der Waals surface area contributed by atoms with Gasteiger partial charge in [0.15, 0.2) is 0 Å². The molecule has 1 fully saturated rings. The Bertz CT molecular complexity index is 750. The Hall–Kier alpha value is -2.61. The van der Waals surface area contributed by atoms with Gasteiger partial charge in [0.1, 0.15) is 5.02 Å². The number of anilines is 1. The van der Waals surface area contributed by atoms with E-state index in [-0.39, 0.29) is 22.8 Å². The predicted octanol–water partition coefficient (Wildman–Crippen LogP) is 3.73. The third-order valence-electron chi connectivity index (χ3n) is 4.06. The van der Waals surface area contributed by atoms with Gasteiger partial charge in [-0.15, -0.1) is 0 Å². The maximum absolute atomic E-state index is 12.6. The van der Waals surface area contributed by atoms with Crippen LogP contribution >= 0.6 is 11.6 Å². The van der Waals surface area contributed by atoms with E-state index in [1.165, 1.54) is 18.2 Å². The molecule has 8 nitrogen and oxygen atoms in total. The average molecular weight is 350 g/mol. The molecule has 1 atom stereocenters. The number of hydrogen-bond donors (Lipinski definition) is 2. The maximum atomic E-state index is 12.6. The van der Waals surface area contributed by atoms with Crippen molar-refractivity contribution in [3.63, 3.8) is 0 Å². The number of urea groups is 1. The molecule has 126 valence electrons. The molecule has 0 bridgehead atoms. The Labute approximate surface area is 142 Å². The van der Waals surface area contributed by atoms with Crippen LogP contribution in [0.25, 0.3) is 0 Å². The van der Waals surface area contributed by atoms with Gasteiger partial charge in [0.2, 0.25) is 0 Å². The number of carbonyl (C=O) groups excluding carboxylic acids is 1. The predicted molar refractivity (Wildman–Crippen MR) is 89.0 cm³/mol. The molecule has 2 N–H and O–H groups in total. The van der Waals surface area contributed by atoms with Crippen LogP contribution in [-0.2, 0) is 0 Å². The van der Waals surface area contributed by atoms with Crippen molar-refractivity contribution in [1.82, 2.24) is 15.1 Å². The molecular formula is C15H16ClN5O3. The summed E-state index contributed by atoms with van der Waals surface area (Å²) in [6, 6.07) is 3.84. The summed E-state index contributed by atoms with van der Waals surface area (Å²) in [5.74, 6) is 0. The Morgan fingerprint density at radius 1 is 1.46 bits per heavy atom. The van der Waals surface area contributed by atoms with Gasteiger partial charge in [-0.3, -0.25) is 15.2 Å². The summed E-state index contributed by atoms with van der Waals surface area (Å²) in [4.78, 5) is 24.6. The zero-order chi connectivity index (χ0) is 17.1. The van der Waals surface area contributed by atoms with Crippen molar-refractivity contribution >= 4 is 29.0 Å². The summed E-state index contributed by atoms with van der Waals surface area (Å²) < 4.78 is 0. The van der Waals surface area contributed by atoms with E-state index in [2.05, 4.69) is 15.5 Å². The number of halogens is 1. The molecule has 2 aromatic rings. The molecule has 2 amide bonds. The standard InChI is InChI=1S/C15H16ClN5O3/c16-12-7-11(4-5-14(12)21(23)24)19-15(22)20-6-2-1-3-13(20)10-8-17-18-9-10/h4-5,7-9,13H,1-3,6H2,(H,17,18)(H,19,22)/t13-/m0/s1. The number of nitrogens with one attached hydrogen (secondary N) is 2. The first-order valence-electron chi connectivity index (χ1n) is 7.56. The van der Waals surface area contributed by atoms with E-state index in [4.69, 9.17) is 11.6 Å². The molecule has 0 aliphatic carbocycles. The highest BCUT2D eigenvalue weighted by Crippen LogP contribution is 2.32. The van der Waals surface area contributed by atoms with Gasteiger partial charge in [-0.2, -0.15) is 5.10 Å². The van der Waals surface area contributed by atoms with Gasteiger partial charge in [-0.25, -0.2) is 4.79 Å². The topological polar surface area (TPSA) is 104 Å². The summed E-state index contributed by atoms with van der Waals surface area (Å²) in [6.07, 6.45) is 6.36. The number of piperidine rings is 1. The van der Waals surface area contributed by atoms with Crippen LogP contribution in [0.15, 0.2) is 30.6 Å². The molecule has 1 aromatic heterocycles. The fourth-order valence-electron chi connectivity index (χ4n) is 2.89. The number of likely N-dealkylation sites (tertiary alicyclic amines) is 1. The molecular weight excluding hydrogens is 334 g/mol. The number of carbonyl (C=O) groups is 1. The molecule has 0 radical (unpaired) electrons. The number of H-pyrrole nitrogens is 1. The number of amides is 2. The molecule has 0 saturated carbocycles. The SMILES string of the molecule is O=C(Nc1ccc([N+](=O)[O-])c(Cl)c1)N1CCCC[C@H]1c1cn[nH]c1. The Kier molecular flexibility index (Phi) is 4.66. The molecule has 1 aliphatic rings. The molecule has 3 rings (SSSR count). The second-order valence-corrected chi connectivity index (χ2v) is 6.00. The smallest absolute Gasteiger partial charge is 0.317 e. The number of benzene rings is 1. The van der Waals surface area contributed by atoms with Crippen LogP contribution in [0.1, 0.15) is 30.9 Å². The minimum atomic E-state index is -0.562. The lowest BCUT2D eigenvalue weighted by molar-refractivity contribution is -0.384. The first-order valence-corrected chi connectivity index (χ1v) is 7.94. The first kappa shape index (κ1) is 16.3. The monoisotopic (exact) mass is 349 g/mol. The number of aromatic amines is 1. The lowest BCUT2D eigenvalue weighted by Gasteiger charge is -2.35. The third kappa shape index (κ3) is 3.33. The van der Waals surface area contributed by atoms with Crippen LogP contribution in [0.5, 0.6) is 0 Å². The maximum Gasteiger partial charge on any atom is 0.322 e. The van der Waals surface area contributed by atoms with Crippen molar-refractivity contribution in [3.8, 4) is 0 Å². The number of nitrogens with zero attached hydrogens (tertiary/aromatic N) is 3. The fourth-order valence-corrected chi connectivity index (χ4v) is 3.14. The van der Waals surface area contributed by atoms with Crippen LogP contribution in [0.4, 0.5) is 16.2 Å². The molecule has 2 heterocycles. The van der Waals surface area contributed by atoms with Crippen LogP contribution in [0.2, 0.25) is 5.02 Å². The summed E-state index contributed by atoms with van der Waals surface area (Å²) in [6.45, 7) is 0.641. The number of hydrogen-bond acceptors (Lipinski definition) is 4. The first-order chi connectivity index (χ1) is 11.6. The van der Waals surface area contributed by atoms with Gasteiger partial charge in [0.05, 0.1) is 17.2 Å². The number of aromatic nitrogens is 2. The third-order valence-corrected chi connectivity index (χ3v) is 4.37. The molecule has 0 spiro atoms. The second-order valence-electron chi connectivity index (χ2n) is 5.59. The molecule has 1 aliphatic heterocycles. The minimum Gasteiger partial charge on any atom is -0.317 e.